The number of benzene rings is 2. The fraction of sp³-hybridized carbons (Fsp3) is 0.452. The van der Waals surface area contributed by atoms with Crippen molar-refractivity contribution in [3.05, 3.63) is 76.1 Å². The Morgan fingerprint density at radius 1 is 0.956 bits per heavy atom. The minimum absolute atomic E-state index is 0.0664. The number of nitrogens with one attached hydrogen (secondary N) is 1. The van der Waals surface area contributed by atoms with Gasteiger partial charge in [-0.25, -0.2) is 8.42 Å². The molecule has 0 unspecified atom stereocenters. The third kappa shape index (κ3) is 10.8. The van der Waals surface area contributed by atoms with E-state index in [1.807, 2.05) is 12.1 Å². The summed E-state index contributed by atoms with van der Waals surface area (Å²) in [6, 6.07) is 13.6. The molecule has 0 bridgehead atoms. The van der Waals surface area contributed by atoms with Crippen LogP contribution in [-0.4, -0.2) is 59.2 Å². The van der Waals surface area contributed by atoms with Crippen molar-refractivity contribution in [3.8, 4) is 6.01 Å². The van der Waals surface area contributed by atoms with E-state index in [2.05, 4.69) is 20.3 Å². The van der Waals surface area contributed by atoms with E-state index < -0.39 is 39.9 Å². The van der Waals surface area contributed by atoms with E-state index in [9.17, 15) is 31.2 Å². The molecule has 1 aromatic heterocycles. The monoisotopic (exact) mass is 666 g/mol. The number of ether oxygens (including phenoxy) is 1. The average Bonchev–Trinajstić information content (AvgIpc) is 3.76. The Kier molecular flexibility index (Phi) is 11.2. The van der Waals surface area contributed by atoms with Crippen LogP contribution in [0.15, 0.2) is 48.5 Å². The highest BCUT2D eigenvalue weighted by molar-refractivity contribution is 7.92. The summed E-state index contributed by atoms with van der Waals surface area (Å²) in [5.41, 5.74) is 1.69. The van der Waals surface area contributed by atoms with Crippen molar-refractivity contribution in [1.82, 2.24) is 15.0 Å². The summed E-state index contributed by atoms with van der Waals surface area (Å²) in [6.07, 6.45) is -0.731. The molecule has 1 N–H and O–H groups in total. The van der Waals surface area contributed by atoms with Crippen LogP contribution in [-0.2, 0) is 26.6 Å². The third-order valence-electron chi connectivity index (χ3n) is 7.34. The van der Waals surface area contributed by atoms with Gasteiger partial charge in [0.25, 0.3) is 0 Å². The van der Waals surface area contributed by atoms with Crippen molar-refractivity contribution in [2.45, 2.75) is 70.0 Å². The van der Waals surface area contributed by atoms with E-state index in [1.54, 1.807) is 36.4 Å². The van der Waals surface area contributed by atoms with E-state index in [0.29, 0.717) is 29.8 Å². The summed E-state index contributed by atoms with van der Waals surface area (Å²) >= 11 is 6.02. The molecule has 0 saturated heterocycles. The molecule has 14 heteroatoms. The first-order chi connectivity index (χ1) is 21.3. The van der Waals surface area contributed by atoms with Crippen LogP contribution in [0.25, 0.3) is 0 Å². The van der Waals surface area contributed by atoms with Gasteiger partial charge < -0.3 is 10.1 Å². The topological polar surface area (TPSA) is 128 Å². The van der Waals surface area contributed by atoms with Crippen molar-refractivity contribution in [1.29, 1.82) is 0 Å². The number of ketones is 2. The van der Waals surface area contributed by atoms with Gasteiger partial charge in [-0.15, -0.1) is 0 Å². The second-order valence-electron chi connectivity index (χ2n) is 11.0. The molecule has 9 nitrogen and oxygen atoms in total. The predicted molar refractivity (Wildman–Crippen MR) is 163 cm³/mol. The molecule has 0 radical (unpaired) electrons. The number of halogens is 4. The standard InChI is InChI=1S/C31H34ClF3N4O5S/c1-2-45(42,43)19-25(40)6-4-3-5-7-26(41)22-10-8-21(9-11-22)18-27-36-28(38-29(37-27)44-20-31(33,34)35)39-30(16-17-30)23-12-14-24(32)15-13-23/h8-15H,2-7,16-20H2,1H3,(H,36,37,38,39). The zero-order valence-corrected chi connectivity index (χ0v) is 26.3. The lowest BCUT2D eigenvalue weighted by Crippen LogP contribution is -2.23. The molecule has 0 spiro atoms. The van der Waals surface area contributed by atoms with E-state index in [-0.39, 0.29) is 48.4 Å². The Hall–Kier alpha value is -3.58. The zero-order chi connectivity index (χ0) is 32.7. The second kappa shape index (κ2) is 14.7. The van der Waals surface area contributed by atoms with Gasteiger partial charge in [-0.2, -0.15) is 28.1 Å². The minimum atomic E-state index is -4.57. The van der Waals surface area contributed by atoms with Crippen molar-refractivity contribution in [2.75, 3.05) is 23.4 Å². The van der Waals surface area contributed by atoms with Gasteiger partial charge in [0, 0.05) is 35.6 Å². The maximum Gasteiger partial charge on any atom is 0.422 e. The van der Waals surface area contributed by atoms with Crippen LogP contribution in [0.4, 0.5) is 19.1 Å². The fourth-order valence-electron chi connectivity index (χ4n) is 4.68. The number of rotatable bonds is 17. The van der Waals surface area contributed by atoms with Crippen molar-refractivity contribution in [3.63, 3.8) is 0 Å². The molecule has 2 aromatic carbocycles. The van der Waals surface area contributed by atoms with Gasteiger partial charge in [0.05, 0.1) is 5.54 Å². The Balaban J connectivity index is 1.36. The normalized spacial score (nSPS) is 14.2. The number of unbranched alkanes of at least 4 members (excludes halogenated alkanes) is 2. The number of Topliss-reactive ketones (excluding diaryl/α,β-unsaturated/α-hetero) is 2. The lowest BCUT2D eigenvalue weighted by molar-refractivity contribution is -0.154. The lowest BCUT2D eigenvalue weighted by Gasteiger charge is -2.19. The molecule has 1 fully saturated rings. The van der Waals surface area contributed by atoms with Crippen molar-refractivity contribution >= 4 is 39.0 Å². The van der Waals surface area contributed by atoms with Crippen molar-refractivity contribution in [2.24, 2.45) is 0 Å². The highest BCUT2D eigenvalue weighted by Gasteiger charge is 2.45. The molecule has 45 heavy (non-hydrogen) atoms. The minimum Gasteiger partial charge on any atom is -0.454 e. The molecular formula is C31H34ClF3N4O5S. The van der Waals surface area contributed by atoms with Crippen LogP contribution in [0.1, 0.15) is 79.2 Å². The molecule has 0 amide bonds. The van der Waals surface area contributed by atoms with E-state index in [0.717, 1.165) is 24.0 Å². The molecule has 0 atom stereocenters. The van der Waals surface area contributed by atoms with Crippen molar-refractivity contribution < 1.29 is 35.9 Å². The highest BCUT2D eigenvalue weighted by Crippen LogP contribution is 2.48. The smallest absolute Gasteiger partial charge is 0.422 e. The first-order valence-electron chi connectivity index (χ1n) is 14.6. The Labute approximate surface area is 264 Å². The van der Waals surface area contributed by atoms with Gasteiger partial charge in [0.1, 0.15) is 17.4 Å². The maximum absolute atomic E-state index is 12.9. The fourth-order valence-corrected chi connectivity index (χ4v) is 5.64. The highest BCUT2D eigenvalue weighted by atomic mass is 35.5. The number of carbonyl (C=O) groups is 2. The van der Waals surface area contributed by atoms with Crippen LogP contribution in [0.3, 0.4) is 0 Å². The van der Waals surface area contributed by atoms with Crippen LogP contribution in [0.2, 0.25) is 5.02 Å². The van der Waals surface area contributed by atoms with E-state index in [1.165, 1.54) is 6.92 Å². The summed E-state index contributed by atoms with van der Waals surface area (Å²) < 4.78 is 66.5. The van der Waals surface area contributed by atoms with Gasteiger partial charge in [0.2, 0.25) is 5.95 Å². The van der Waals surface area contributed by atoms with Crippen LogP contribution >= 0.6 is 11.6 Å². The third-order valence-corrected chi connectivity index (χ3v) is 9.24. The number of carbonyl (C=O) groups excluding carboxylic acids is 2. The second-order valence-corrected chi connectivity index (χ2v) is 13.8. The molecular weight excluding hydrogens is 633 g/mol. The Morgan fingerprint density at radius 3 is 2.24 bits per heavy atom. The lowest BCUT2D eigenvalue weighted by atomic mass is 10.0. The number of anilines is 1. The first-order valence-corrected chi connectivity index (χ1v) is 16.8. The molecule has 0 aliphatic heterocycles. The van der Waals surface area contributed by atoms with Gasteiger partial charge in [0.15, 0.2) is 22.2 Å². The zero-order valence-electron chi connectivity index (χ0n) is 24.7. The van der Waals surface area contributed by atoms with E-state index >= 15 is 0 Å². The number of nitrogens with zero attached hydrogens (tertiary/aromatic N) is 3. The summed E-state index contributed by atoms with van der Waals surface area (Å²) in [5.74, 6) is -0.617. The van der Waals surface area contributed by atoms with Crippen LogP contribution in [0.5, 0.6) is 6.01 Å². The number of sulfone groups is 1. The van der Waals surface area contributed by atoms with Gasteiger partial charge in [-0.1, -0.05) is 61.3 Å². The number of alkyl halides is 3. The predicted octanol–water partition coefficient (Wildman–Crippen LogP) is 6.30. The Bertz CT molecular complexity index is 1600. The van der Waals surface area contributed by atoms with Gasteiger partial charge >= 0.3 is 12.2 Å². The molecule has 4 rings (SSSR count). The molecule has 1 saturated carbocycles. The van der Waals surface area contributed by atoms with Gasteiger partial charge in [-0.05, 0) is 48.9 Å². The quantitative estimate of drug-likeness (QED) is 0.130. The summed E-state index contributed by atoms with van der Waals surface area (Å²) in [5, 5.41) is 3.83. The van der Waals surface area contributed by atoms with Gasteiger partial charge in [-0.3, -0.25) is 9.59 Å². The summed E-state index contributed by atoms with van der Waals surface area (Å²) in [4.78, 5) is 37.1. The van der Waals surface area contributed by atoms with E-state index in [4.69, 9.17) is 16.3 Å². The molecule has 3 aromatic rings. The molecule has 242 valence electrons. The molecule has 1 aliphatic rings. The number of hydrogen-bond acceptors (Lipinski definition) is 9. The van der Waals surface area contributed by atoms with Crippen LogP contribution in [0, 0.1) is 0 Å². The van der Waals surface area contributed by atoms with Crippen LogP contribution < -0.4 is 10.1 Å². The Morgan fingerprint density at radius 2 is 1.62 bits per heavy atom. The SMILES string of the molecule is CCS(=O)(=O)CC(=O)CCCCCC(=O)c1ccc(Cc2nc(NC3(c4ccc(Cl)cc4)CC3)nc(OCC(F)(F)F)n2)cc1. The summed E-state index contributed by atoms with van der Waals surface area (Å²) in [6.45, 7) is -0.0467. The number of aromatic nitrogens is 3. The summed E-state index contributed by atoms with van der Waals surface area (Å²) in [7, 11) is -3.33. The molecule has 1 heterocycles. The number of hydrogen-bond donors (Lipinski definition) is 1. The average molecular weight is 667 g/mol. The largest absolute Gasteiger partial charge is 0.454 e. The maximum atomic E-state index is 12.9. The first kappa shape index (κ1) is 34.3. The molecule has 1 aliphatic carbocycles.